The van der Waals surface area contributed by atoms with E-state index < -0.39 is 12.1 Å². The third-order valence-electron chi connectivity index (χ3n) is 4.05. The molecule has 2 unspecified atom stereocenters. The second-order valence-corrected chi connectivity index (χ2v) is 6.00. The minimum Gasteiger partial charge on any atom is -0.332 e. The molecule has 0 aliphatic carbocycles. The quantitative estimate of drug-likeness (QED) is 0.877. The van der Waals surface area contributed by atoms with E-state index in [-0.39, 0.29) is 24.2 Å². The average molecular weight is 360 g/mol. The Morgan fingerprint density at radius 3 is 2.74 bits per heavy atom. The zero-order valence-electron chi connectivity index (χ0n) is 13.4. The van der Waals surface area contributed by atoms with Crippen molar-refractivity contribution >= 4 is 41.5 Å². The monoisotopic (exact) mass is 359 g/mol. The van der Waals surface area contributed by atoms with Gasteiger partial charge in [-0.3, -0.25) is 9.59 Å². The Balaban J connectivity index is 0.00000264. The molecule has 1 aromatic carbocycles. The van der Waals surface area contributed by atoms with Crippen molar-refractivity contribution in [2.75, 3.05) is 18.5 Å². The number of hydrogen-bond donors (Lipinski definition) is 1. The van der Waals surface area contributed by atoms with Gasteiger partial charge in [0.25, 0.3) is 0 Å². The molecule has 1 saturated heterocycles. The van der Waals surface area contributed by atoms with Gasteiger partial charge in [0.1, 0.15) is 6.04 Å². The first kappa shape index (κ1) is 19.7. The summed E-state index contributed by atoms with van der Waals surface area (Å²) in [5.41, 5.74) is 6.56. The Morgan fingerprint density at radius 2 is 2.13 bits per heavy atom. The maximum atomic E-state index is 12.6. The molecule has 5 nitrogen and oxygen atoms in total. The highest BCUT2D eigenvalue weighted by atomic mass is 35.5. The number of amides is 2. The van der Waals surface area contributed by atoms with Crippen LogP contribution in [0.4, 0.5) is 5.69 Å². The van der Waals surface area contributed by atoms with Crippen LogP contribution in [0.2, 0.25) is 5.02 Å². The number of para-hydroxylation sites is 1. The van der Waals surface area contributed by atoms with Gasteiger partial charge in [-0.15, -0.1) is 12.4 Å². The third kappa shape index (κ3) is 4.16. The number of nitrogens with two attached hydrogens (primary N) is 1. The van der Waals surface area contributed by atoms with Crippen LogP contribution in [0.25, 0.3) is 0 Å². The van der Waals surface area contributed by atoms with Crippen LogP contribution in [0, 0.1) is 0 Å². The highest BCUT2D eigenvalue weighted by Gasteiger charge is 2.38. The number of carbonyl (C=O) groups excluding carboxylic acids is 2. The molecular weight excluding hydrogens is 337 g/mol. The van der Waals surface area contributed by atoms with E-state index in [9.17, 15) is 9.59 Å². The number of likely N-dealkylation sites (N-methyl/N-ethyl adjacent to an activating group) is 1. The molecule has 0 radical (unpaired) electrons. The van der Waals surface area contributed by atoms with Gasteiger partial charge in [-0.05, 0) is 25.0 Å². The van der Waals surface area contributed by atoms with E-state index >= 15 is 0 Å². The summed E-state index contributed by atoms with van der Waals surface area (Å²) in [6, 6.07) is 6.22. The molecule has 0 saturated carbocycles. The summed E-state index contributed by atoms with van der Waals surface area (Å²) in [5, 5.41) is 0.535. The minimum absolute atomic E-state index is 0. The van der Waals surface area contributed by atoms with Gasteiger partial charge in [-0.25, -0.2) is 0 Å². The molecule has 2 amide bonds. The summed E-state index contributed by atoms with van der Waals surface area (Å²) in [5.74, 6) is -0.283. The van der Waals surface area contributed by atoms with Gasteiger partial charge in [-0.1, -0.05) is 37.1 Å². The van der Waals surface area contributed by atoms with E-state index in [1.165, 1.54) is 4.90 Å². The standard InChI is InChI=1S/C16H22ClN3O2.ClH/c1-3-6-12(18)15(21)19(2)14-9-10-20(16(14)22)13-8-5-4-7-11(13)17;/h4-5,7-8,12,14H,3,6,9-10,18H2,1-2H3;1H. The van der Waals surface area contributed by atoms with Crippen LogP contribution in [0.1, 0.15) is 26.2 Å². The number of benzene rings is 1. The molecule has 0 bridgehead atoms. The van der Waals surface area contributed by atoms with Crippen molar-refractivity contribution in [3.8, 4) is 0 Å². The summed E-state index contributed by atoms with van der Waals surface area (Å²) in [7, 11) is 1.65. The van der Waals surface area contributed by atoms with Crippen LogP contribution in [-0.4, -0.2) is 42.4 Å². The van der Waals surface area contributed by atoms with E-state index in [4.69, 9.17) is 17.3 Å². The molecule has 1 aromatic rings. The van der Waals surface area contributed by atoms with Crippen molar-refractivity contribution < 1.29 is 9.59 Å². The zero-order valence-corrected chi connectivity index (χ0v) is 14.9. The van der Waals surface area contributed by atoms with Crippen molar-refractivity contribution in [1.82, 2.24) is 4.90 Å². The Hall–Kier alpha value is -1.30. The highest BCUT2D eigenvalue weighted by Crippen LogP contribution is 2.30. The van der Waals surface area contributed by atoms with Gasteiger partial charge >= 0.3 is 0 Å². The predicted octanol–water partition coefficient (Wildman–Crippen LogP) is 2.45. The van der Waals surface area contributed by atoms with Gasteiger partial charge in [0.15, 0.2) is 0 Å². The minimum atomic E-state index is -0.544. The average Bonchev–Trinajstić information content (AvgIpc) is 2.88. The maximum Gasteiger partial charge on any atom is 0.249 e. The van der Waals surface area contributed by atoms with E-state index in [2.05, 4.69) is 0 Å². The van der Waals surface area contributed by atoms with Crippen molar-refractivity contribution in [1.29, 1.82) is 0 Å². The molecule has 0 spiro atoms. The summed E-state index contributed by atoms with van der Waals surface area (Å²) >= 11 is 6.16. The Morgan fingerprint density at radius 1 is 1.48 bits per heavy atom. The van der Waals surface area contributed by atoms with Crippen LogP contribution in [0.15, 0.2) is 24.3 Å². The summed E-state index contributed by atoms with van der Waals surface area (Å²) in [4.78, 5) is 28.0. The topological polar surface area (TPSA) is 66.6 Å². The Bertz CT molecular complexity index is 568. The molecule has 2 rings (SSSR count). The van der Waals surface area contributed by atoms with Crippen molar-refractivity contribution in [2.24, 2.45) is 5.73 Å². The van der Waals surface area contributed by atoms with Crippen LogP contribution < -0.4 is 10.6 Å². The summed E-state index contributed by atoms with van der Waals surface area (Å²) in [6.45, 7) is 2.53. The first-order valence-corrected chi connectivity index (χ1v) is 7.93. The number of halogens is 2. The van der Waals surface area contributed by atoms with E-state index in [1.807, 2.05) is 25.1 Å². The smallest absolute Gasteiger partial charge is 0.249 e. The van der Waals surface area contributed by atoms with E-state index in [0.29, 0.717) is 30.1 Å². The lowest BCUT2D eigenvalue weighted by molar-refractivity contribution is -0.137. The van der Waals surface area contributed by atoms with Crippen molar-refractivity contribution in [3.63, 3.8) is 0 Å². The zero-order chi connectivity index (χ0) is 16.3. The van der Waals surface area contributed by atoms with E-state index in [1.54, 1.807) is 18.0 Å². The highest BCUT2D eigenvalue weighted by molar-refractivity contribution is 6.34. The molecule has 1 fully saturated rings. The molecule has 128 valence electrons. The molecular formula is C16H23Cl2N3O2. The van der Waals surface area contributed by atoms with Gasteiger partial charge in [-0.2, -0.15) is 0 Å². The van der Waals surface area contributed by atoms with Crippen molar-refractivity contribution in [2.45, 2.75) is 38.3 Å². The predicted molar refractivity (Wildman–Crippen MR) is 95.1 cm³/mol. The second kappa shape index (κ2) is 8.52. The lowest BCUT2D eigenvalue weighted by atomic mass is 10.1. The second-order valence-electron chi connectivity index (χ2n) is 5.59. The lowest BCUT2D eigenvalue weighted by Gasteiger charge is -2.26. The fourth-order valence-electron chi connectivity index (χ4n) is 2.78. The van der Waals surface area contributed by atoms with Crippen LogP contribution in [-0.2, 0) is 9.59 Å². The SMILES string of the molecule is CCCC(N)C(=O)N(C)C1CCN(c2ccccc2Cl)C1=O.Cl. The van der Waals surface area contributed by atoms with Gasteiger partial charge in [0.2, 0.25) is 11.8 Å². The number of carbonyl (C=O) groups is 2. The largest absolute Gasteiger partial charge is 0.332 e. The maximum absolute atomic E-state index is 12.6. The van der Waals surface area contributed by atoms with Gasteiger partial charge in [0, 0.05) is 13.6 Å². The molecule has 0 aromatic heterocycles. The number of rotatable bonds is 5. The van der Waals surface area contributed by atoms with Crippen LogP contribution >= 0.6 is 24.0 Å². The fraction of sp³-hybridized carbons (Fsp3) is 0.500. The molecule has 7 heteroatoms. The normalized spacial score (nSPS) is 18.5. The third-order valence-corrected chi connectivity index (χ3v) is 4.37. The summed E-state index contributed by atoms with van der Waals surface area (Å²) in [6.07, 6.45) is 2.05. The molecule has 2 N–H and O–H groups in total. The molecule has 23 heavy (non-hydrogen) atoms. The van der Waals surface area contributed by atoms with E-state index in [0.717, 1.165) is 6.42 Å². The molecule has 1 aliphatic heterocycles. The van der Waals surface area contributed by atoms with Crippen LogP contribution in [0.3, 0.4) is 0 Å². The summed E-state index contributed by atoms with van der Waals surface area (Å²) < 4.78 is 0. The molecule has 1 aliphatic rings. The number of nitrogens with zero attached hydrogens (tertiary/aromatic N) is 2. The lowest BCUT2D eigenvalue weighted by Crippen LogP contribution is -2.49. The van der Waals surface area contributed by atoms with Gasteiger partial charge < -0.3 is 15.5 Å². The Labute approximate surface area is 148 Å². The van der Waals surface area contributed by atoms with Crippen molar-refractivity contribution in [3.05, 3.63) is 29.3 Å². The molecule has 1 heterocycles. The number of anilines is 1. The van der Waals surface area contributed by atoms with Gasteiger partial charge in [0.05, 0.1) is 16.8 Å². The Kier molecular flexibility index (Phi) is 7.32. The van der Waals surface area contributed by atoms with Crippen LogP contribution in [0.5, 0.6) is 0 Å². The number of hydrogen-bond acceptors (Lipinski definition) is 3. The first-order chi connectivity index (χ1) is 10.5. The molecule has 2 atom stereocenters. The first-order valence-electron chi connectivity index (χ1n) is 7.55. The fourth-order valence-corrected chi connectivity index (χ4v) is 3.02.